The van der Waals surface area contributed by atoms with E-state index in [1.165, 1.54) is 42.6 Å². The van der Waals surface area contributed by atoms with Crippen LogP contribution in [0.15, 0.2) is 82.8 Å². The normalized spacial score (nSPS) is 11.3. The number of sulfonamides is 1. The second-order valence-corrected chi connectivity index (χ2v) is 8.40. The van der Waals surface area contributed by atoms with Crippen LogP contribution in [0, 0.1) is 0 Å². The third-order valence-corrected chi connectivity index (χ3v) is 5.86. The van der Waals surface area contributed by atoms with Crippen molar-refractivity contribution in [3.63, 3.8) is 0 Å². The maximum absolute atomic E-state index is 12.5. The third kappa shape index (κ3) is 6.07. The highest BCUT2D eigenvalue weighted by Gasteiger charge is 2.14. The van der Waals surface area contributed by atoms with E-state index in [-0.39, 0.29) is 4.90 Å². The molecule has 0 spiro atoms. The van der Waals surface area contributed by atoms with Gasteiger partial charge >= 0.3 is 0 Å². The molecule has 0 aliphatic heterocycles. The van der Waals surface area contributed by atoms with E-state index in [4.69, 9.17) is 16.3 Å². The lowest BCUT2D eigenvalue weighted by atomic mass is 10.2. The topological polar surface area (TPSA) is 96.9 Å². The summed E-state index contributed by atoms with van der Waals surface area (Å²) >= 11 is 6.03. The van der Waals surface area contributed by atoms with Gasteiger partial charge in [0.05, 0.1) is 17.7 Å². The molecule has 0 aliphatic carbocycles. The van der Waals surface area contributed by atoms with Crippen molar-refractivity contribution in [2.24, 2.45) is 5.10 Å². The zero-order chi connectivity index (χ0) is 22.3. The first kappa shape index (κ1) is 22.3. The van der Waals surface area contributed by atoms with E-state index < -0.39 is 15.9 Å². The zero-order valence-corrected chi connectivity index (χ0v) is 18.2. The lowest BCUT2D eigenvalue weighted by molar-refractivity contribution is 0.0955. The number of rotatable bonds is 8. The van der Waals surface area contributed by atoms with E-state index in [2.05, 4.69) is 15.2 Å². The minimum absolute atomic E-state index is 0.103. The van der Waals surface area contributed by atoms with Crippen molar-refractivity contribution in [2.75, 3.05) is 11.3 Å². The number of carbonyl (C=O) groups excluding carboxylic acids is 1. The molecule has 0 radical (unpaired) electrons. The Morgan fingerprint density at radius 3 is 2.35 bits per heavy atom. The predicted octanol–water partition coefficient (Wildman–Crippen LogP) is 4.30. The van der Waals surface area contributed by atoms with Crippen LogP contribution in [0.3, 0.4) is 0 Å². The molecule has 3 aromatic rings. The molecule has 0 heterocycles. The molecule has 0 saturated heterocycles. The minimum Gasteiger partial charge on any atom is -0.494 e. The van der Waals surface area contributed by atoms with Crippen molar-refractivity contribution in [2.45, 2.75) is 11.8 Å². The standard InChI is InChI=1S/C22H20ClN3O4S/c1-2-30-19-11-13-20(14-12-19)31(28,29)26-18-9-7-16(8-10-18)22(27)25-24-15-17-5-3-4-6-21(17)23/h3-15,26H,2H2,1H3,(H,25,27)/b24-15-. The molecule has 7 nitrogen and oxygen atoms in total. The molecule has 0 aliphatic rings. The highest BCUT2D eigenvalue weighted by Crippen LogP contribution is 2.20. The maximum Gasteiger partial charge on any atom is 0.271 e. The second-order valence-electron chi connectivity index (χ2n) is 6.31. The molecular formula is C22H20ClN3O4S. The number of hydrogen-bond donors (Lipinski definition) is 2. The van der Waals surface area contributed by atoms with Crippen molar-refractivity contribution in [3.05, 3.63) is 88.9 Å². The predicted molar refractivity (Wildman–Crippen MR) is 121 cm³/mol. The summed E-state index contributed by atoms with van der Waals surface area (Å²) in [6.45, 7) is 2.34. The molecule has 0 fully saturated rings. The quantitative estimate of drug-likeness (QED) is 0.389. The lowest BCUT2D eigenvalue weighted by Gasteiger charge is -2.09. The first-order valence-electron chi connectivity index (χ1n) is 9.33. The molecule has 1 amide bonds. The van der Waals surface area contributed by atoms with Crippen molar-refractivity contribution >= 4 is 39.4 Å². The Hall–Kier alpha value is -3.36. The Bertz CT molecular complexity index is 1180. The fraction of sp³-hybridized carbons (Fsp3) is 0.0909. The number of ether oxygens (including phenoxy) is 1. The number of nitrogens with zero attached hydrogens (tertiary/aromatic N) is 1. The smallest absolute Gasteiger partial charge is 0.271 e. The number of halogens is 1. The van der Waals surface area contributed by atoms with Crippen LogP contribution in [0.25, 0.3) is 0 Å². The maximum atomic E-state index is 12.5. The van der Waals surface area contributed by atoms with Crippen LogP contribution >= 0.6 is 11.6 Å². The average Bonchev–Trinajstić information content (AvgIpc) is 2.76. The molecule has 31 heavy (non-hydrogen) atoms. The molecular weight excluding hydrogens is 438 g/mol. The summed E-state index contributed by atoms with van der Waals surface area (Å²) in [7, 11) is -3.77. The van der Waals surface area contributed by atoms with Crippen LogP contribution in [0.2, 0.25) is 5.02 Å². The average molecular weight is 458 g/mol. The third-order valence-electron chi connectivity index (χ3n) is 4.12. The van der Waals surface area contributed by atoms with E-state index in [9.17, 15) is 13.2 Å². The Morgan fingerprint density at radius 2 is 1.71 bits per heavy atom. The largest absolute Gasteiger partial charge is 0.494 e. The lowest BCUT2D eigenvalue weighted by Crippen LogP contribution is -2.18. The number of hydrazone groups is 1. The van der Waals surface area contributed by atoms with E-state index in [1.807, 2.05) is 13.0 Å². The number of amides is 1. The number of anilines is 1. The summed E-state index contributed by atoms with van der Waals surface area (Å²) in [5.41, 5.74) is 3.72. The molecule has 0 saturated carbocycles. The highest BCUT2D eigenvalue weighted by molar-refractivity contribution is 7.92. The van der Waals surface area contributed by atoms with Crippen LogP contribution in [0.5, 0.6) is 5.75 Å². The summed E-state index contributed by atoms with van der Waals surface area (Å²) in [6.07, 6.45) is 1.44. The van der Waals surface area contributed by atoms with Crippen molar-refractivity contribution < 1.29 is 17.9 Å². The van der Waals surface area contributed by atoms with E-state index in [0.717, 1.165) is 0 Å². The summed E-state index contributed by atoms with van der Waals surface area (Å²) in [5.74, 6) is 0.151. The van der Waals surface area contributed by atoms with Crippen LogP contribution in [0.1, 0.15) is 22.8 Å². The molecule has 0 atom stereocenters. The number of hydrogen-bond acceptors (Lipinski definition) is 5. The van der Waals surface area contributed by atoms with E-state index in [1.54, 1.807) is 30.3 Å². The molecule has 160 valence electrons. The molecule has 0 aromatic heterocycles. The van der Waals surface area contributed by atoms with Crippen LogP contribution < -0.4 is 14.9 Å². The molecule has 3 rings (SSSR count). The molecule has 0 unspecified atom stereocenters. The van der Waals surface area contributed by atoms with Gasteiger partial charge in [0.1, 0.15) is 5.75 Å². The Balaban J connectivity index is 1.62. The molecule has 2 N–H and O–H groups in total. The van der Waals surface area contributed by atoms with Gasteiger partial charge in [-0.1, -0.05) is 29.8 Å². The van der Waals surface area contributed by atoms with Crippen LogP contribution in [-0.2, 0) is 10.0 Å². The van der Waals surface area contributed by atoms with Gasteiger partial charge in [0.2, 0.25) is 0 Å². The Labute approximate surface area is 185 Å². The summed E-state index contributed by atoms with van der Waals surface area (Å²) in [6, 6.07) is 19.2. The summed E-state index contributed by atoms with van der Waals surface area (Å²) in [5, 5.41) is 4.41. The molecule has 0 bridgehead atoms. The molecule has 3 aromatic carbocycles. The zero-order valence-electron chi connectivity index (χ0n) is 16.6. The van der Waals surface area contributed by atoms with Gasteiger partial charge in [0.25, 0.3) is 15.9 Å². The van der Waals surface area contributed by atoms with Gasteiger partial charge in [-0.2, -0.15) is 5.10 Å². The van der Waals surface area contributed by atoms with E-state index >= 15 is 0 Å². The van der Waals surface area contributed by atoms with Crippen LogP contribution in [-0.4, -0.2) is 27.1 Å². The first-order valence-corrected chi connectivity index (χ1v) is 11.2. The van der Waals surface area contributed by atoms with Gasteiger partial charge in [-0.05, 0) is 61.5 Å². The summed E-state index contributed by atoms with van der Waals surface area (Å²) < 4.78 is 32.9. The van der Waals surface area contributed by atoms with Crippen molar-refractivity contribution in [1.29, 1.82) is 0 Å². The fourth-order valence-electron chi connectivity index (χ4n) is 2.59. The van der Waals surface area contributed by atoms with Gasteiger partial charge < -0.3 is 4.74 Å². The number of nitrogens with one attached hydrogen (secondary N) is 2. The Morgan fingerprint density at radius 1 is 1.03 bits per heavy atom. The van der Waals surface area contributed by atoms with Gasteiger partial charge in [-0.15, -0.1) is 0 Å². The van der Waals surface area contributed by atoms with Crippen LogP contribution in [0.4, 0.5) is 5.69 Å². The number of carbonyl (C=O) groups is 1. The van der Waals surface area contributed by atoms with Gasteiger partial charge in [-0.25, -0.2) is 13.8 Å². The molecule has 9 heteroatoms. The van der Waals surface area contributed by atoms with E-state index in [0.29, 0.717) is 34.2 Å². The number of benzene rings is 3. The first-order chi connectivity index (χ1) is 14.9. The highest BCUT2D eigenvalue weighted by atomic mass is 35.5. The fourth-order valence-corrected chi connectivity index (χ4v) is 3.83. The van der Waals surface area contributed by atoms with Crippen molar-refractivity contribution in [3.8, 4) is 5.75 Å². The monoisotopic (exact) mass is 457 g/mol. The minimum atomic E-state index is -3.77. The van der Waals surface area contributed by atoms with Gasteiger partial charge in [0, 0.05) is 21.8 Å². The van der Waals surface area contributed by atoms with Gasteiger partial charge in [-0.3, -0.25) is 9.52 Å². The Kier molecular flexibility index (Phi) is 7.28. The second kappa shape index (κ2) is 10.1. The SMILES string of the molecule is CCOc1ccc(S(=O)(=O)Nc2ccc(C(=O)N/N=C\c3ccccc3Cl)cc2)cc1. The van der Waals surface area contributed by atoms with Crippen molar-refractivity contribution in [1.82, 2.24) is 5.43 Å². The van der Waals surface area contributed by atoms with Gasteiger partial charge in [0.15, 0.2) is 0 Å². The summed E-state index contributed by atoms with van der Waals surface area (Å²) in [4.78, 5) is 12.3.